The lowest BCUT2D eigenvalue weighted by Crippen LogP contribution is -2.23. The van der Waals surface area contributed by atoms with Crippen molar-refractivity contribution in [1.82, 2.24) is 0 Å². The average molecular weight is 298 g/mol. The smallest absolute Gasteiger partial charge is 0.238 e. The molecule has 0 amide bonds. The normalized spacial score (nSPS) is 12.4. The summed E-state index contributed by atoms with van der Waals surface area (Å²) in [6, 6.07) is 7.02. The molecule has 0 fully saturated rings. The van der Waals surface area contributed by atoms with E-state index in [-0.39, 0.29) is 4.90 Å². The number of nitrogens with two attached hydrogens (primary N) is 1. The molecule has 0 saturated heterocycles. The van der Waals surface area contributed by atoms with Crippen LogP contribution in [0.3, 0.4) is 0 Å². The Morgan fingerprint density at radius 1 is 1.00 bits per heavy atom. The largest absolute Gasteiger partial charge is 0.382 e. The molecule has 0 aliphatic rings. The maximum absolute atomic E-state index is 11.2. The predicted octanol–water partition coefficient (Wildman–Crippen LogP) is 3.21. The summed E-state index contributed by atoms with van der Waals surface area (Å²) < 4.78 is 22.4. The van der Waals surface area contributed by atoms with Crippen LogP contribution >= 0.6 is 0 Å². The molecular formula is C15H26N2O2S. The Labute approximate surface area is 122 Å². The summed E-state index contributed by atoms with van der Waals surface area (Å²) in [7, 11) is -3.61. The first-order valence-electron chi connectivity index (χ1n) is 7.08. The molecule has 20 heavy (non-hydrogen) atoms. The van der Waals surface area contributed by atoms with Crippen molar-refractivity contribution in [3.8, 4) is 0 Å². The minimum absolute atomic E-state index is 0.146. The summed E-state index contributed by atoms with van der Waals surface area (Å²) in [6.07, 6.45) is 2.18. The standard InChI is InChI=1S/C15H26N2O2S/c1-11(2)9-14(10-12(3)4)17-13-5-7-15(8-6-13)20(16,18)19/h5-8,11-12,14,17H,9-10H2,1-4H3,(H2,16,18,19). The van der Waals surface area contributed by atoms with Gasteiger partial charge in [0, 0.05) is 11.7 Å². The van der Waals surface area contributed by atoms with E-state index in [4.69, 9.17) is 5.14 Å². The van der Waals surface area contributed by atoms with Gasteiger partial charge in [0.25, 0.3) is 0 Å². The molecule has 0 aliphatic carbocycles. The first kappa shape index (κ1) is 17.0. The molecule has 0 aromatic heterocycles. The van der Waals surface area contributed by atoms with Crippen LogP contribution in [-0.4, -0.2) is 14.5 Å². The highest BCUT2D eigenvalue weighted by Crippen LogP contribution is 2.20. The number of hydrogen-bond donors (Lipinski definition) is 2. The summed E-state index contributed by atoms with van der Waals surface area (Å²) in [5.41, 5.74) is 0.934. The van der Waals surface area contributed by atoms with Gasteiger partial charge in [-0.25, -0.2) is 13.6 Å². The minimum Gasteiger partial charge on any atom is -0.382 e. The Balaban J connectivity index is 2.78. The van der Waals surface area contributed by atoms with Crippen molar-refractivity contribution < 1.29 is 8.42 Å². The van der Waals surface area contributed by atoms with E-state index >= 15 is 0 Å². The summed E-state index contributed by atoms with van der Waals surface area (Å²) in [6.45, 7) is 8.83. The van der Waals surface area contributed by atoms with Gasteiger partial charge in [-0.3, -0.25) is 0 Å². The molecule has 0 saturated carbocycles. The highest BCUT2D eigenvalue weighted by atomic mass is 32.2. The van der Waals surface area contributed by atoms with Gasteiger partial charge in [-0.05, 0) is 48.9 Å². The second kappa shape index (κ2) is 7.09. The minimum atomic E-state index is -3.61. The monoisotopic (exact) mass is 298 g/mol. The topological polar surface area (TPSA) is 72.2 Å². The van der Waals surface area contributed by atoms with Crippen molar-refractivity contribution in [2.45, 2.75) is 51.5 Å². The van der Waals surface area contributed by atoms with Gasteiger partial charge >= 0.3 is 0 Å². The van der Waals surface area contributed by atoms with Gasteiger partial charge < -0.3 is 5.32 Å². The van der Waals surface area contributed by atoms with E-state index in [1.54, 1.807) is 24.3 Å². The number of anilines is 1. The molecule has 0 unspecified atom stereocenters. The molecule has 1 rings (SSSR count). The van der Waals surface area contributed by atoms with Crippen molar-refractivity contribution in [1.29, 1.82) is 0 Å². The fraction of sp³-hybridized carbons (Fsp3) is 0.600. The van der Waals surface area contributed by atoms with Gasteiger partial charge in [0.15, 0.2) is 0 Å². The van der Waals surface area contributed by atoms with Gasteiger partial charge in [0.2, 0.25) is 10.0 Å². The maximum Gasteiger partial charge on any atom is 0.238 e. The number of primary sulfonamides is 1. The van der Waals surface area contributed by atoms with E-state index in [2.05, 4.69) is 33.0 Å². The molecule has 5 heteroatoms. The van der Waals surface area contributed by atoms with Crippen LogP contribution in [0, 0.1) is 11.8 Å². The van der Waals surface area contributed by atoms with Gasteiger partial charge in [-0.15, -0.1) is 0 Å². The molecule has 0 heterocycles. The van der Waals surface area contributed by atoms with Crippen LogP contribution in [0.4, 0.5) is 5.69 Å². The number of nitrogens with one attached hydrogen (secondary N) is 1. The lowest BCUT2D eigenvalue weighted by Gasteiger charge is -2.23. The average Bonchev–Trinajstić information content (AvgIpc) is 2.26. The van der Waals surface area contributed by atoms with Crippen molar-refractivity contribution >= 4 is 15.7 Å². The van der Waals surface area contributed by atoms with Gasteiger partial charge in [-0.2, -0.15) is 0 Å². The van der Waals surface area contributed by atoms with Crippen LogP contribution in [0.15, 0.2) is 29.2 Å². The van der Waals surface area contributed by atoms with E-state index in [9.17, 15) is 8.42 Å². The third kappa shape index (κ3) is 5.92. The Morgan fingerprint density at radius 2 is 1.45 bits per heavy atom. The number of benzene rings is 1. The molecule has 0 aliphatic heterocycles. The van der Waals surface area contributed by atoms with Crippen LogP contribution in [-0.2, 0) is 10.0 Å². The number of sulfonamides is 1. The van der Waals surface area contributed by atoms with Crippen molar-refractivity contribution in [3.63, 3.8) is 0 Å². The van der Waals surface area contributed by atoms with Crippen LogP contribution < -0.4 is 10.5 Å². The van der Waals surface area contributed by atoms with E-state index < -0.39 is 10.0 Å². The third-order valence-corrected chi connectivity index (χ3v) is 3.99. The van der Waals surface area contributed by atoms with Crippen LogP contribution in [0.1, 0.15) is 40.5 Å². The van der Waals surface area contributed by atoms with Crippen molar-refractivity contribution in [3.05, 3.63) is 24.3 Å². The van der Waals surface area contributed by atoms with E-state index in [0.29, 0.717) is 17.9 Å². The molecule has 3 N–H and O–H groups in total. The Bertz CT molecular complexity index is 497. The second-order valence-electron chi connectivity index (χ2n) is 6.17. The lowest BCUT2D eigenvalue weighted by molar-refractivity contribution is 0.442. The lowest BCUT2D eigenvalue weighted by atomic mass is 9.95. The van der Waals surface area contributed by atoms with E-state index in [1.807, 2.05) is 0 Å². The van der Waals surface area contributed by atoms with E-state index in [1.165, 1.54) is 0 Å². The summed E-state index contributed by atoms with van der Waals surface area (Å²) in [4.78, 5) is 0.146. The number of rotatable bonds is 7. The Morgan fingerprint density at radius 3 is 1.80 bits per heavy atom. The summed E-state index contributed by atoms with van der Waals surface area (Å²) in [5.74, 6) is 1.24. The third-order valence-electron chi connectivity index (χ3n) is 3.07. The second-order valence-corrected chi connectivity index (χ2v) is 7.73. The summed E-state index contributed by atoms with van der Waals surface area (Å²) >= 11 is 0. The maximum atomic E-state index is 11.2. The molecule has 1 aromatic rings. The van der Waals surface area contributed by atoms with Crippen LogP contribution in [0.25, 0.3) is 0 Å². The van der Waals surface area contributed by atoms with Crippen LogP contribution in [0.5, 0.6) is 0 Å². The fourth-order valence-corrected chi connectivity index (χ4v) is 2.84. The van der Waals surface area contributed by atoms with Crippen molar-refractivity contribution in [2.75, 3.05) is 5.32 Å². The molecule has 0 spiro atoms. The van der Waals surface area contributed by atoms with Crippen molar-refractivity contribution in [2.24, 2.45) is 17.0 Å². The Hall–Kier alpha value is -1.07. The SMILES string of the molecule is CC(C)CC(CC(C)C)Nc1ccc(S(N)(=O)=O)cc1. The fourth-order valence-electron chi connectivity index (χ4n) is 2.33. The molecule has 114 valence electrons. The zero-order chi connectivity index (χ0) is 15.3. The van der Waals surface area contributed by atoms with Gasteiger partial charge in [0.05, 0.1) is 4.90 Å². The molecule has 0 bridgehead atoms. The molecule has 0 radical (unpaired) electrons. The first-order valence-corrected chi connectivity index (χ1v) is 8.62. The van der Waals surface area contributed by atoms with Gasteiger partial charge in [-0.1, -0.05) is 27.7 Å². The predicted molar refractivity (Wildman–Crippen MR) is 84.1 cm³/mol. The van der Waals surface area contributed by atoms with Crippen LogP contribution in [0.2, 0.25) is 0 Å². The first-order chi connectivity index (χ1) is 9.18. The molecular weight excluding hydrogens is 272 g/mol. The molecule has 0 atom stereocenters. The number of hydrogen-bond acceptors (Lipinski definition) is 3. The van der Waals surface area contributed by atoms with E-state index in [0.717, 1.165) is 18.5 Å². The van der Waals surface area contributed by atoms with Gasteiger partial charge in [0.1, 0.15) is 0 Å². The highest BCUT2D eigenvalue weighted by Gasteiger charge is 2.13. The molecule has 4 nitrogen and oxygen atoms in total. The zero-order valence-electron chi connectivity index (χ0n) is 12.8. The Kier molecular flexibility index (Phi) is 6.02. The quantitative estimate of drug-likeness (QED) is 0.812. The summed E-state index contributed by atoms with van der Waals surface area (Å²) in [5, 5.41) is 8.58. The molecule has 1 aromatic carbocycles. The zero-order valence-corrected chi connectivity index (χ0v) is 13.6. The highest BCUT2D eigenvalue weighted by molar-refractivity contribution is 7.89.